The Kier molecular flexibility index (Phi) is 7.09. The standard InChI is InChI=1S/C19H21NO3.ClH/c21-19(23-13-15-4-2-1-3-5-15)17-6-8-18(9-7-17)22-14-16-10-11-20-12-16;/h1-9,16,20H,10-14H2;1H. The van der Waals surface area contributed by atoms with E-state index >= 15 is 0 Å². The molecule has 128 valence electrons. The fraction of sp³-hybridized carbons (Fsp3) is 0.316. The lowest BCUT2D eigenvalue weighted by Crippen LogP contribution is -2.15. The van der Waals surface area contributed by atoms with Gasteiger partial charge in [0.1, 0.15) is 12.4 Å². The second-order valence-electron chi connectivity index (χ2n) is 5.76. The molecule has 0 amide bonds. The van der Waals surface area contributed by atoms with Crippen molar-refractivity contribution in [1.82, 2.24) is 5.32 Å². The van der Waals surface area contributed by atoms with Crippen molar-refractivity contribution in [2.75, 3.05) is 19.7 Å². The van der Waals surface area contributed by atoms with Gasteiger partial charge < -0.3 is 14.8 Å². The number of esters is 1. The van der Waals surface area contributed by atoms with Crippen LogP contribution in [0, 0.1) is 5.92 Å². The average Bonchev–Trinajstić information content (AvgIpc) is 3.13. The fourth-order valence-electron chi connectivity index (χ4n) is 2.56. The fourth-order valence-corrected chi connectivity index (χ4v) is 2.56. The highest BCUT2D eigenvalue weighted by molar-refractivity contribution is 5.89. The van der Waals surface area contributed by atoms with Gasteiger partial charge in [-0.1, -0.05) is 30.3 Å². The maximum absolute atomic E-state index is 12.0. The van der Waals surface area contributed by atoms with Gasteiger partial charge in [0.05, 0.1) is 12.2 Å². The van der Waals surface area contributed by atoms with Gasteiger partial charge in [-0.15, -0.1) is 12.4 Å². The third-order valence-electron chi connectivity index (χ3n) is 3.95. The van der Waals surface area contributed by atoms with Crippen molar-refractivity contribution < 1.29 is 14.3 Å². The van der Waals surface area contributed by atoms with Crippen LogP contribution in [0.1, 0.15) is 22.3 Å². The van der Waals surface area contributed by atoms with Crippen molar-refractivity contribution in [3.8, 4) is 5.75 Å². The van der Waals surface area contributed by atoms with Crippen LogP contribution in [0.2, 0.25) is 0 Å². The van der Waals surface area contributed by atoms with Gasteiger partial charge in [0.2, 0.25) is 0 Å². The summed E-state index contributed by atoms with van der Waals surface area (Å²) < 4.78 is 11.1. The first kappa shape index (κ1) is 18.3. The van der Waals surface area contributed by atoms with E-state index in [1.807, 2.05) is 42.5 Å². The van der Waals surface area contributed by atoms with E-state index in [1.165, 1.54) is 0 Å². The van der Waals surface area contributed by atoms with Gasteiger partial charge in [0.15, 0.2) is 0 Å². The van der Waals surface area contributed by atoms with E-state index in [4.69, 9.17) is 9.47 Å². The molecule has 0 aliphatic carbocycles. The number of nitrogens with one attached hydrogen (secondary N) is 1. The van der Waals surface area contributed by atoms with Crippen LogP contribution in [-0.2, 0) is 11.3 Å². The van der Waals surface area contributed by atoms with E-state index in [0.717, 1.165) is 30.8 Å². The lowest BCUT2D eigenvalue weighted by atomic mass is 10.1. The van der Waals surface area contributed by atoms with E-state index in [1.54, 1.807) is 12.1 Å². The summed E-state index contributed by atoms with van der Waals surface area (Å²) in [5.74, 6) is 1.04. The molecule has 24 heavy (non-hydrogen) atoms. The Hall–Kier alpha value is -2.04. The molecule has 0 radical (unpaired) electrons. The normalized spacial score (nSPS) is 16.2. The lowest BCUT2D eigenvalue weighted by Gasteiger charge is -2.11. The summed E-state index contributed by atoms with van der Waals surface area (Å²) in [6, 6.07) is 16.8. The Morgan fingerprint density at radius 2 is 1.83 bits per heavy atom. The van der Waals surface area contributed by atoms with Crippen molar-refractivity contribution >= 4 is 18.4 Å². The van der Waals surface area contributed by atoms with Crippen LogP contribution in [0.5, 0.6) is 5.75 Å². The number of hydrogen-bond acceptors (Lipinski definition) is 4. The number of carbonyl (C=O) groups excluding carboxylic acids is 1. The minimum atomic E-state index is -0.319. The second-order valence-corrected chi connectivity index (χ2v) is 5.76. The van der Waals surface area contributed by atoms with E-state index in [0.29, 0.717) is 18.1 Å². The molecule has 0 spiro atoms. The molecule has 1 aliphatic heterocycles. The topological polar surface area (TPSA) is 47.6 Å². The van der Waals surface area contributed by atoms with Gasteiger partial charge in [0, 0.05) is 12.5 Å². The molecule has 0 saturated carbocycles. The number of rotatable bonds is 6. The molecule has 5 heteroatoms. The number of halogens is 1. The van der Waals surface area contributed by atoms with Crippen LogP contribution in [0.4, 0.5) is 0 Å². The van der Waals surface area contributed by atoms with Gasteiger partial charge >= 0.3 is 5.97 Å². The highest BCUT2D eigenvalue weighted by atomic mass is 35.5. The zero-order valence-electron chi connectivity index (χ0n) is 13.4. The first-order chi connectivity index (χ1) is 11.3. The van der Waals surface area contributed by atoms with Gasteiger partial charge in [0.25, 0.3) is 0 Å². The van der Waals surface area contributed by atoms with E-state index in [-0.39, 0.29) is 25.0 Å². The summed E-state index contributed by atoms with van der Waals surface area (Å²) in [5, 5.41) is 3.32. The molecule has 1 aliphatic rings. The quantitative estimate of drug-likeness (QED) is 0.813. The molecule has 1 unspecified atom stereocenters. The second kappa shape index (κ2) is 9.30. The van der Waals surface area contributed by atoms with Gasteiger partial charge in [-0.05, 0) is 42.8 Å². The Morgan fingerprint density at radius 1 is 1.08 bits per heavy atom. The molecule has 1 saturated heterocycles. The summed E-state index contributed by atoms with van der Waals surface area (Å²) in [6.45, 7) is 3.08. The van der Waals surface area contributed by atoms with Crippen molar-refractivity contribution in [3.63, 3.8) is 0 Å². The van der Waals surface area contributed by atoms with Crippen LogP contribution in [-0.4, -0.2) is 25.7 Å². The number of hydrogen-bond donors (Lipinski definition) is 1. The molecule has 1 fully saturated rings. The molecule has 1 heterocycles. The Morgan fingerprint density at radius 3 is 2.50 bits per heavy atom. The minimum Gasteiger partial charge on any atom is -0.493 e. The van der Waals surface area contributed by atoms with Crippen molar-refractivity contribution in [2.24, 2.45) is 5.92 Å². The van der Waals surface area contributed by atoms with Gasteiger partial charge in [-0.3, -0.25) is 0 Å². The lowest BCUT2D eigenvalue weighted by molar-refractivity contribution is 0.0472. The summed E-state index contributed by atoms with van der Waals surface area (Å²) in [4.78, 5) is 12.0. The summed E-state index contributed by atoms with van der Waals surface area (Å²) >= 11 is 0. The number of ether oxygens (including phenoxy) is 2. The molecule has 1 atom stereocenters. The first-order valence-corrected chi connectivity index (χ1v) is 7.96. The van der Waals surface area contributed by atoms with Crippen LogP contribution in [0.3, 0.4) is 0 Å². The Balaban J connectivity index is 0.00000208. The third kappa shape index (κ3) is 5.25. The highest BCUT2D eigenvalue weighted by Gasteiger charge is 2.15. The largest absolute Gasteiger partial charge is 0.493 e. The SMILES string of the molecule is Cl.O=C(OCc1ccccc1)c1ccc(OCC2CCNC2)cc1. The maximum atomic E-state index is 12.0. The van der Waals surface area contributed by atoms with Crippen LogP contribution >= 0.6 is 12.4 Å². The molecule has 1 N–H and O–H groups in total. The molecule has 4 nitrogen and oxygen atoms in total. The summed E-state index contributed by atoms with van der Waals surface area (Å²) in [6.07, 6.45) is 1.16. The van der Waals surface area contributed by atoms with Crippen molar-refractivity contribution in [2.45, 2.75) is 13.0 Å². The van der Waals surface area contributed by atoms with E-state index in [9.17, 15) is 4.79 Å². The summed E-state index contributed by atoms with van der Waals surface area (Å²) in [5.41, 5.74) is 1.52. The van der Waals surface area contributed by atoms with Crippen LogP contribution in [0.15, 0.2) is 54.6 Å². The van der Waals surface area contributed by atoms with Gasteiger partial charge in [-0.2, -0.15) is 0 Å². The highest BCUT2D eigenvalue weighted by Crippen LogP contribution is 2.16. The van der Waals surface area contributed by atoms with Crippen LogP contribution < -0.4 is 10.1 Å². The molecule has 3 rings (SSSR count). The minimum absolute atomic E-state index is 0. The average molecular weight is 348 g/mol. The van der Waals surface area contributed by atoms with E-state index < -0.39 is 0 Å². The number of benzene rings is 2. The molecule has 2 aromatic rings. The molecular formula is C19H22ClNO3. The smallest absolute Gasteiger partial charge is 0.338 e. The molecular weight excluding hydrogens is 326 g/mol. The van der Waals surface area contributed by atoms with E-state index in [2.05, 4.69) is 5.32 Å². The number of carbonyl (C=O) groups is 1. The van der Waals surface area contributed by atoms with Crippen molar-refractivity contribution in [1.29, 1.82) is 0 Å². The first-order valence-electron chi connectivity index (χ1n) is 7.96. The summed E-state index contributed by atoms with van der Waals surface area (Å²) in [7, 11) is 0. The predicted molar refractivity (Wildman–Crippen MR) is 95.7 cm³/mol. The van der Waals surface area contributed by atoms with Crippen LogP contribution in [0.25, 0.3) is 0 Å². The van der Waals surface area contributed by atoms with Crippen molar-refractivity contribution in [3.05, 3.63) is 65.7 Å². The maximum Gasteiger partial charge on any atom is 0.338 e. The third-order valence-corrected chi connectivity index (χ3v) is 3.95. The van der Waals surface area contributed by atoms with Gasteiger partial charge in [-0.25, -0.2) is 4.79 Å². The molecule has 2 aromatic carbocycles. The Labute approximate surface area is 148 Å². The zero-order chi connectivity index (χ0) is 15.9. The predicted octanol–water partition coefficient (Wildman–Crippen LogP) is 3.45. The molecule has 0 aromatic heterocycles. The monoisotopic (exact) mass is 347 g/mol. The Bertz CT molecular complexity index is 625. The zero-order valence-corrected chi connectivity index (χ0v) is 14.3. The molecule has 0 bridgehead atoms.